The van der Waals surface area contributed by atoms with Crippen molar-refractivity contribution < 1.29 is 14.3 Å². The van der Waals surface area contributed by atoms with Gasteiger partial charge < -0.3 is 20.7 Å². The van der Waals surface area contributed by atoms with Gasteiger partial charge in [0.2, 0.25) is 11.8 Å². The lowest BCUT2D eigenvalue weighted by Crippen LogP contribution is -2.51. The second kappa shape index (κ2) is 7.33. The molecule has 0 spiro atoms. The summed E-state index contributed by atoms with van der Waals surface area (Å²) in [6.45, 7) is 3.95. The van der Waals surface area contributed by atoms with Crippen molar-refractivity contribution >= 4 is 11.8 Å². The van der Waals surface area contributed by atoms with Crippen LogP contribution in [0.25, 0.3) is 0 Å². The number of likely N-dealkylation sites (tertiary alicyclic amines) is 1. The van der Waals surface area contributed by atoms with Gasteiger partial charge in [-0.1, -0.05) is 0 Å². The number of piperidine rings is 1. The summed E-state index contributed by atoms with van der Waals surface area (Å²) >= 11 is 0. The molecule has 3 N–H and O–H groups in total. The summed E-state index contributed by atoms with van der Waals surface area (Å²) in [6.07, 6.45) is 1.61. The van der Waals surface area contributed by atoms with E-state index in [1.807, 2.05) is 6.92 Å². The molecule has 0 bridgehead atoms. The summed E-state index contributed by atoms with van der Waals surface area (Å²) in [5.74, 6) is -0.499. The van der Waals surface area contributed by atoms with Crippen molar-refractivity contribution in [2.75, 3.05) is 33.4 Å². The molecule has 18 heavy (non-hydrogen) atoms. The van der Waals surface area contributed by atoms with Gasteiger partial charge >= 0.3 is 0 Å². The Bertz CT molecular complexity index is 296. The van der Waals surface area contributed by atoms with E-state index in [0.717, 1.165) is 12.8 Å². The lowest BCUT2D eigenvalue weighted by atomic mass is 9.93. The van der Waals surface area contributed by atoms with E-state index in [-0.39, 0.29) is 30.3 Å². The first kappa shape index (κ1) is 14.9. The van der Waals surface area contributed by atoms with Gasteiger partial charge in [0.1, 0.15) is 0 Å². The van der Waals surface area contributed by atoms with Crippen LogP contribution in [0.15, 0.2) is 0 Å². The lowest BCUT2D eigenvalue weighted by molar-refractivity contribution is -0.136. The van der Waals surface area contributed by atoms with Gasteiger partial charge in [0, 0.05) is 26.2 Å². The molecular formula is C12H23N3O3. The number of carbonyl (C=O) groups is 2. The van der Waals surface area contributed by atoms with Gasteiger partial charge in [0.05, 0.1) is 19.1 Å². The summed E-state index contributed by atoms with van der Waals surface area (Å²) in [6, 6.07) is 0.178. The third-order valence-electron chi connectivity index (χ3n) is 3.36. The van der Waals surface area contributed by atoms with Crippen LogP contribution in [-0.2, 0) is 14.3 Å². The van der Waals surface area contributed by atoms with Crippen LogP contribution in [0.4, 0.5) is 0 Å². The van der Waals surface area contributed by atoms with Crippen molar-refractivity contribution in [1.29, 1.82) is 0 Å². The molecule has 1 fully saturated rings. The summed E-state index contributed by atoms with van der Waals surface area (Å²) < 4.78 is 4.89. The largest absolute Gasteiger partial charge is 0.383 e. The fourth-order valence-electron chi connectivity index (χ4n) is 2.16. The van der Waals surface area contributed by atoms with Crippen LogP contribution in [0.2, 0.25) is 0 Å². The van der Waals surface area contributed by atoms with E-state index < -0.39 is 0 Å². The van der Waals surface area contributed by atoms with Crippen LogP contribution < -0.4 is 11.1 Å². The average molecular weight is 257 g/mol. The van der Waals surface area contributed by atoms with E-state index in [0.29, 0.717) is 19.7 Å². The lowest BCUT2D eigenvalue weighted by Gasteiger charge is -2.37. The van der Waals surface area contributed by atoms with E-state index >= 15 is 0 Å². The molecule has 1 aliphatic rings. The molecule has 1 saturated heterocycles. The number of hydrogen-bond acceptors (Lipinski definition) is 4. The van der Waals surface area contributed by atoms with Crippen LogP contribution in [-0.4, -0.2) is 56.1 Å². The molecule has 1 rings (SSSR count). The molecule has 0 unspecified atom stereocenters. The number of carbonyl (C=O) groups excluding carboxylic acids is 2. The number of methoxy groups -OCH3 is 1. The van der Waals surface area contributed by atoms with E-state index in [2.05, 4.69) is 5.32 Å². The molecule has 104 valence electrons. The molecule has 0 saturated carbocycles. The summed E-state index contributed by atoms with van der Waals surface area (Å²) in [5, 5.41) is 3.02. The number of nitrogens with one attached hydrogen (secondary N) is 1. The third kappa shape index (κ3) is 4.27. The van der Waals surface area contributed by atoms with Crippen molar-refractivity contribution in [1.82, 2.24) is 10.2 Å². The van der Waals surface area contributed by atoms with E-state index in [1.54, 1.807) is 12.0 Å². The predicted octanol–water partition coefficient (Wildman–Crippen LogP) is -0.665. The van der Waals surface area contributed by atoms with Gasteiger partial charge in [-0.2, -0.15) is 0 Å². The van der Waals surface area contributed by atoms with E-state index in [1.165, 1.54) is 0 Å². The number of ether oxygens (including phenoxy) is 1. The maximum Gasteiger partial charge on any atom is 0.236 e. The molecule has 6 nitrogen and oxygen atoms in total. The van der Waals surface area contributed by atoms with Crippen molar-refractivity contribution in [3.63, 3.8) is 0 Å². The number of primary amides is 1. The molecule has 1 heterocycles. The molecule has 2 amide bonds. The molecule has 2 atom stereocenters. The highest BCUT2D eigenvalue weighted by Crippen LogP contribution is 2.21. The monoisotopic (exact) mass is 257 g/mol. The van der Waals surface area contributed by atoms with Crippen molar-refractivity contribution in [3.8, 4) is 0 Å². The first-order chi connectivity index (χ1) is 8.56. The fraction of sp³-hybridized carbons (Fsp3) is 0.833. The topological polar surface area (TPSA) is 84.7 Å². The van der Waals surface area contributed by atoms with Crippen LogP contribution >= 0.6 is 0 Å². The summed E-state index contributed by atoms with van der Waals surface area (Å²) in [5.41, 5.74) is 5.31. The van der Waals surface area contributed by atoms with Crippen LogP contribution in [0.1, 0.15) is 19.8 Å². The Morgan fingerprint density at radius 2 is 2.17 bits per heavy atom. The highest BCUT2D eigenvalue weighted by atomic mass is 16.5. The molecule has 0 aromatic rings. The molecule has 0 aliphatic carbocycles. The highest BCUT2D eigenvalue weighted by Gasteiger charge is 2.31. The van der Waals surface area contributed by atoms with Crippen molar-refractivity contribution in [3.05, 3.63) is 0 Å². The van der Waals surface area contributed by atoms with Crippen molar-refractivity contribution in [2.45, 2.75) is 25.8 Å². The minimum absolute atomic E-state index is 0.0181. The quantitative estimate of drug-likeness (QED) is 0.618. The SMILES string of the molecule is COCCNCC(=O)N1C[C@H](C(N)=O)CC[C@@H]1C. The van der Waals surface area contributed by atoms with Crippen LogP contribution in [0, 0.1) is 5.92 Å². The standard InChI is InChI=1S/C12H23N3O3/c1-9-3-4-10(12(13)17)8-15(9)11(16)7-14-5-6-18-2/h9-10,14H,3-8H2,1-2H3,(H2,13,17)/t9-,10+/m0/s1. The number of hydrogen-bond donors (Lipinski definition) is 2. The summed E-state index contributed by atoms with van der Waals surface area (Å²) in [4.78, 5) is 24.9. The Morgan fingerprint density at radius 3 is 2.78 bits per heavy atom. The molecule has 0 aromatic heterocycles. The average Bonchev–Trinajstić information content (AvgIpc) is 2.34. The minimum atomic E-state index is -0.313. The summed E-state index contributed by atoms with van der Waals surface area (Å²) in [7, 11) is 1.62. The fourth-order valence-corrected chi connectivity index (χ4v) is 2.16. The maximum absolute atomic E-state index is 12.0. The molecule has 6 heteroatoms. The van der Waals surface area contributed by atoms with Gasteiger partial charge in [-0.3, -0.25) is 9.59 Å². The maximum atomic E-state index is 12.0. The number of nitrogens with two attached hydrogens (primary N) is 1. The Balaban J connectivity index is 2.41. The highest BCUT2D eigenvalue weighted by molar-refractivity contribution is 5.81. The van der Waals surface area contributed by atoms with Gasteiger partial charge in [0.15, 0.2) is 0 Å². The Morgan fingerprint density at radius 1 is 1.44 bits per heavy atom. The molecular weight excluding hydrogens is 234 g/mol. The second-order valence-corrected chi connectivity index (χ2v) is 4.74. The van der Waals surface area contributed by atoms with Gasteiger partial charge in [-0.05, 0) is 19.8 Å². The second-order valence-electron chi connectivity index (χ2n) is 4.74. The predicted molar refractivity (Wildman–Crippen MR) is 67.8 cm³/mol. The zero-order valence-corrected chi connectivity index (χ0v) is 11.1. The molecule has 0 radical (unpaired) electrons. The van der Waals surface area contributed by atoms with E-state index in [9.17, 15) is 9.59 Å². The Hall–Kier alpha value is -1.14. The van der Waals surface area contributed by atoms with Gasteiger partial charge in [-0.15, -0.1) is 0 Å². The van der Waals surface area contributed by atoms with Gasteiger partial charge in [-0.25, -0.2) is 0 Å². The number of amides is 2. The number of rotatable bonds is 6. The van der Waals surface area contributed by atoms with E-state index in [4.69, 9.17) is 10.5 Å². The first-order valence-corrected chi connectivity index (χ1v) is 6.34. The number of nitrogens with zero attached hydrogens (tertiary/aromatic N) is 1. The zero-order valence-electron chi connectivity index (χ0n) is 11.1. The Kier molecular flexibility index (Phi) is 6.07. The van der Waals surface area contributed by atoms with Crippen molar-refractivity contribution in [2.24, 2.45) is 11.7 Å². The normalized spacial score (nSPS) is 24.0. The van der Waals surface area contributed by atoms with Crippen LogP contribution in [0.5, 0.6) is 0 Å². The first-order valence-electron chi connectivity index (χ1n) is 6.34. The third-order valence-corrected chi connectivity index (χ3v) is 3.36. The smallest absolute Gasteiger partial charge is 0.236 e. The minimum Gasteiger partial charge on any atom is -0.383 e. The van der Waals surface area contributed by atoms with Crippen LogP contribution in [0.3, 0.4) is 0 Å². The molecule has 0 aromatic carbocycles. The Labute approximate surface area is 108 Å². The van der Waals surface area contributed by atoms with Gasteiger partial charge in [0.25, 0.3) is 0 Å². The zero-order chi connectivity index (χ0) is 13.5. The molecule has 1 aliphatic heterocycles.